The molecule has 7 heteroatoms. The highest BCUT2D eigenvalue weighted by atomic mass is 32.2. The van der Waals surface area contributed by atoms with Gasteiger partial charge in [-0.05, 0) is 17.7 Å². The van der Waals surface area contributed by atoms with E-state index in [1.807, 2.05) is 60.7 Å². The van der Waals surface area contributed by atoms with Crippen LogP contribution in [0.1, 0.15) is 17.5 Å². The lowest BCUT2D eigenvalue weighted by Crippen LogP contribution is -2.07. The van der Waals surface area contributed by atoms with Gasteiger partial charge in [0.25, 0.3) is 0 Å². The molecule has 0 saturated heterocycles. The molecule has 1 heterocycles. The van der Waals surface area contributed by atoms with Crippen LogP contribution in [0.5, 0.6) is 0 Å². The van der Waals surface area contributed by atoms with E-state index in [1.165, 1.54) is 0 Å². The summed E-state index contributed by atoms with van der Waals surface area (Å²) >= 11 is 1.55. The second kappa shape index (κ2) is 8.46. The number of thioether (sulfide) groups is 1. The highest BCUT2D eigenvalue weighted by molar-refractivity contribution is 7.98. The normalized spacial score (nSPS) is 11.9. The number of hydrogen-bond acceptors (Lipinski definition) is 7. The summed E-state index contributed by atoms with van der Waals surface area (Å²) in [5, 5.41) is 13.3. The van der Waals surface area contributed by atoms with Crippen LogP contribution in [0.25, 0.3) is 0 Å². The molecule has 0 fully saturated rings. The third kappa shape index (κ3) is 5.17. The van der Waals surface area contributed by atoms with Crippen molar-refractivity contribution in [3.05, 3.63) is 72.1 Å². The Morgan fingerprint density at radius 1 is 0.960 bits per heavy atom. The first-order valence-electron chi connectivity index (χ1n) is 7.84. The molecule has 2 aromatic carbocycles. The van der Waals surface area contributed by atoms with E-state index in [-0.39, 0.29) is 5.95 Å². The lowest BCUT2D eigenvalue weighted by Gasteiger charge is -2.10. The van der Waals surface area contributed by atoms with Crippen molar-refractivity contribution in [1.82, 2.24) is 15.0 Å². The number of nitrogens with zero attached hydrogens (tertiary/aromatic N) is 3. The molecular formula is C18H19N5OS. The maximum Gasteiger partial charge on any atom is 0.232 e. The smallest absolute Gasteiger partial charge is 0.232 e. The van der Waals surface area contributed by atoms with Gasteiger partial charge in [0.05, 0.1) is 11.9 Å². The Labute approximate surface area is 150 Å². The van der Waals surface area contributed by atoms with Crippen molar-refractivity contribution in [3.63, 3.8) is 0 Å². The molecule has 6 nitrogen and oxygen atoms in total. The van der Waals surface area contributed by atoms with Gasteiger partial charge >= 0.3 is 0 Å². The summed E-state index contributed by atoms with van der Waals surface area (Å²) in [6, 6.07) is 19.2. The van der Waals surface area contributed by atoms with Crippen molar-refractivity contribution in [2.45, 2.75) is 11.9 Å². The molecule has 4 N–H and O–H groups in total. The fraction of sp³-hybridized carbons (Fsp3) is 0.167. The number of nitrogens with one attached hydrogen (secondary N) is 1. The van der Waals surface area contributed by atoms with Crippen molar-refractivity contribution in [2.24, 2.45) is 0 Å². The number of anilines is 3. The molecule has 1 aromatic heterocycles. The molecule has 0 aliphatic heterocycles. The number of nitrogens with two attached hydrogens (primary N) is 1. The third-order valence-corrected chi connectivity index (χ3v) is 4.43. The van der Waals surface area contributed by atoms with E-state index in [4.69, 9.17) is 5.73 Å². The Kier molecular flexibility index (Phi) is 5.81. The average Bonchev–Trinajstić information content (AvgIpc) is 2.63. The van der Waals surface area contributed by atoms with Gasteiger partial charge in [0.15, 0.2) is 0 Å². The molecular weight excluding hydrogens is 334 g/mol. The summed E-state index contributed by atoms with van der Waals surface area (Å²) in [6.07, 6.45) is -0.521. The first-order valence-corrected chi connectivity index (χ1v) is 8.99. The zero-order chi connectivity index (χ0) is 17.5. The molecule has 1 unspecified atom stereocenters. The van der Waals surface area contributed by atoms with Crippen LogP contribution in [0.2, 0.25) is 0 Å². The number of hydrogen-bond donors (Lipinski definition) is 3. The fourth-order valence-corrected chi connectivity index (χ4v) is 3.09. The second-order valence-corrected chi connectivity index (χ2v) is 6.40. The van der Waals surface area contributed by atoms with E-state index in [0.717, 1.165) is 11.3 Å². The summed E-state index contributed by atoms with van der Waals surface area (Å²) in [7, 11) is 0. The summed E-state index contributed by atoms with van der Waals surface area (Å²) in [4.78, 5) is 12.6. The minimum Gasteiger partial charge on any atom is -0.388 e. The number of para-hydroxylation sites is 1. The van der Waals surface area contributed by atoms with Gasteiger partial charge in [0, 0.05) is 11.4 Å². The Bertz CT molecular complexity index is 801. The van der Waals surface area contributed by atoms with Crippen LogP contribution in [0.15, 0.2) is 60.7 Å². The number of aliphatic hydroxyl groups excluding tert-OH is 1. The molecule has 0 saturated carbocycles. The van der Waals surface area contributed by atoms with Crippen molar-refractivity contribution >= 4 is 29.3 Å². The van der Waals surface area contributed by atoms with Crippen molar-refractivity contribution in [3.8, 4) is 0 Å². The molecule has 3 aromatic rings. The van der Waals surface area contributed by atoms with Crippen molar-refractivity contribution in [2.75, 3.05) is 16.8 Å². The Hall–Kier alpha value is -2.64. The quantitative estimate of drug-likeness (QED) is 0.600. The highest BCUT2D eigenvalue weighted by Gasteiger charge is 2.09. The van der Waals surface area contributed by atoms with Crippen LogP contribution in [-0.2, 0) is 5.75 Å². The van der Waals surface area contributed by atoms with Gasteiger partial charge in [-0.25, -0.2) is 0 Å². The molecule has 0 aliphatic rings. The average molecular weight is 353 g/mol. The number of nitrogen functional groups attached to an aromatic ring is 1. The molecule has 0 radical (unpaired) electrons. The number of benzene rings is 2. The van der Waals surface area contributed by atoms with Gasteiger partial charge < -0.3 is 16.2 Å². The van der Waals surface area contributed by atoms with E-state index in [0.29, 0.717) is 23.3 Å². The van der Waals surface area contributed by atoms with E-state index >= 15 is 0 Å². The van der Waals surface area contributed by atoms with Gasteiger partial charge in [-0.1, -0.05) is 48.5 Å². The maximum atomic E-state index is 10.2. The van der Waals surface area contributed by atoms with Crippen LogP contribution in [0.3, 0.4) is 0 Å². The number of aromatic nitrogens is 3. The van der Waals surface area contributed by atoms with E-state index < -0.39 is 6.10 Å². The zero-order valence-electron chi connectivity index (χ0n) is 13.5. The van der Waals surface area contributed by atoms with Gasteiger partial charge in [0.1, 0.15) is 5.82 Å². The molecule has 1 atom stereocenters. The van der Waals surface area contributed by atoms with E-state index in [9.17, 15) is 5.11 Å². The fourth-order valence-electron chi connectivity index (χ4n) is 2.24. The highest BCUT2D eigenvalue weighted by Crippen LogP contribution is 2.21. The Morgan fingerprint density at radius 2 is 1.64 bits per heavy atom. The first kappa shape index (κ1) is 17.2. The summed E-state index contributed by atoms with van der Waals surface area (Å²) in [6.45, 7) is 0. The molecule has 25 heavy (non-hydrogen) atoms. The molecule has 0 amide bonds. The Balaban J connectivity index is 1.59. The van der Waals surface area contributed by atoms with Gasteiger partial charge in [-0.2, -0.15) is 26.7 Å². The largest absolute Gasteiger partial charge is 0.388 e. The third-order valence-electron chi connectivity index (χ3n) is 3.42. The van der Waals surface area contributed by atoms with Crippen molar-refractivity contribution in [1.29, 1.82) is 0 Å². The van der Waals surface area contributed by atoms with Gasteiger partial charge in [-0.15, -0.1) is 0 Å². The molecule has 0 bridgehead atoms. The Morgan fingerprint density at radius 3 is 2.36 bits per heavy atom. The SMILES string of the molecule is Nc1nc(CSCC(O)c2ccccc2)nc(Nc2ccccc2)n1. The van der Waals surface area contributed by atoms with Gasteiger partial charge in [-0.3, -0.25) is 0 Å². The second-order valence-electron chi connectivity index (χ2n) is 5.37. The van der Waals surface area contributed by atoms with Crippen LogP contribution in [-0.4, -0.2) is 25.8 Å². The monoisotopic (exact) mass is 353 g/mol. The molecule has 128 valence electrons. The first-order chi connectivity index (χ1) is 12.2. The molecule has 0 aliphatic carbocycles. The standard InChI is InChI=1S/C18H19N5OS/c19-17-21-16(12-25-11-15(24)13-7-3-1-4-8-13)22-18(23-17)20-14-9-5-2-6-10-14/h1-10,15,24H,11-12H2,(H3,19,20,21,22,23). The minimum absolute atomic E-state index is 0.174. The zero-order valence-corrected chi connectivity index (χ0v) is 14.4. The molecule has 3 rings (SSSR count). The van der Waals surface area contributed by atoms with Crippen molar-refractivity contribution < 1.29 is 5.11 Å². The van der Waals surface area contributed by atoms with E-state index in [2.05, 4.69) is 20.3 Å². The lowest BCUT2D eigenvalue weighted by molar-refractivity contribution is 0.204. The maximum absolute atomic E-state index is 10.2. The van der Waals surface area contributed by atoms with Crippen LogP contribution in [0, 0.1) is 0 Å². The minimum atomic E-state index is -0.521. The predicted molar refractivity (Wildman–Crippen MR) is 102 cm³/mol. The van der Waals surface area contributed by atoms with Crippen LogP contribution < -0.4 is 11.1 Å². The molecule has 0 spiro atoms. The number of aliphatic hydroxyl groups is 1. The predicted octanol–water partition coefficient (Wildman–Crippen LogP) is 3.16. The summed E-state index contributed by atoms with van der Waals surface area (Å²) in [5.41, 5.74) is 7.56. The lowest BCUT2D eigenvalue weighted by atomic mass is 10.1. The van der Waals surface area contributed by atoms with Gasteiger partial charge in [0.2, 0.25) is 11.9 Å². The van der Waals surface area contributed by atoms with E-state index in [1.54, 1.807) is 11.8 Å². The van der Waals surface area contributed by atoms with Crippen LogP contribution >= 0.6 is 11.8 Å². The summed E-state index contributed by atoms with van der Waals surface area (Å²) < 4.78 is 0. The topological polar surface area (TPSA) is 97.0 Å². The summed E-state index contributed by atoms with van der Waals surface area (Å²) in [5.74, 6) is 2.26. The number of rotatable bonds is 7. The van der Waals surface area contributed by atoms with Crippen LogP contribution in [0.4, 0.5) is 17.6 Å².